The highest BCUT2D eigenvalue weighted by Gasteiger charge is 2.26. The second-order valence-electron chi connectivity index (χ2n) is 7.11. The van der Waals surface area contributed by atoms with Gasteiger partial charge >= 0.3 is 0 Å². The first-order valence-corrected chi connectivity index (χ1v) is 7.77. The maximum absolute atomic E-state index is 9.53. The standard InChI is InChI=1S/C15H30N2O2/c1-15(2,3)19-17-10-4-13(5-11-17)12-16-8-6-14(18)7-9-16/h13-14,18H,4-12H2,1-3H3. The number of hydrogen-bond donors (Lipinski definition) is 1. The molecule has 2 fully saturated rings. The molecule has 0 unspecified atom stereocenters. The summed E-state index contributed by atoms with van der Waals surface area (Å²) in [5, 5.41) is 11.7. The van der Waals surface area contributed by atoms with Gasteiger partial charge < -0.3 is 10.0 Å². The largest absolute Gasteiger partial charge is 0.393 e. The molecule has 0 atom stereocenters. The Hall–Kier alpha value is -0.160. The molecule has 112 valence electrons. The average molecular weight is 270 g/mol. The Morgan fingerprint density at radius 2 is 1.58 bits per heavy atom. The lowest BCUT2D eigenvalue weighted by molar-refractivity contribution is -0.239. The molecule has 0 spiro atoms. The molecule has 0 aromatic carbocycles. The molecule has 0 aliphatic carbocycles. The number of rotatable bonds is 3. The smallest absolute Gasteiger partial charge is 0.0815 e. The summed E-state index contributed by atoms with van der Waals surface area (Å²) < 4.78 is 0. The van der Waals surface area contributed by atoms with Gasteiger partial charge in [-0.2, -0.15) is 5.06 Å². The molecule has 2 heterocycles. The molecule has 2 aliphatic rings. The highest BCUT2D eigenvalue weighted by Crippen LogP contribution is 2.22. The SMILES string of the molecule is CC(C)(C)ON1CCC(CN2CCC(O)CC2)CC1. The van der Waals surface area contributed by atoms with Crippen LogP contribution in [0.15, 0.2) is 0 Å². The van der Waals surface area contributed by atoms with Crippen molar-refractivity contribution in [2.24, 2.45) is 5.92 Å². The van der Waals surface area contributed by atoms with Gasteiger partial charge in [0.1, 0.15) is 0 Å². The topological polar surface area (TPSA) is 35.9 Å². The van der Waals surface area contributed by atoms with Crippen molar-refractivity contribution in [2.75, 3.05) is 32.7 Å². The first-order valence-electron chi connectivity index (χ1n) is 7.77. The lowest BCUT2D eigenvalue weighted by atomic mass is 9.96. The third-order valence-corrected chi connectivity index (χ3v) is 4.05. The van der Waals surface area contributed by atoms with Gasteiger partial charge in [0.25, 0.3) is 0 Å². The molecular weight excluding hydrogens is 240 g/mol. The minimum Gasteiger partial charge on any atom is -0.393 e. The summed E-state index contributed by atoms with van der Waals surface area (Å²) in [5.74, 6) is 0.801. The van der Waals surface area contributed by atoms with Crippen molar-refractivity contribution in [2.45, 2.75) is 58.2 Å². The van der Waals surface area contributed by atoms with Crippen molar-refractivity contribution in [3.05, 3.63) is 0 Å². The highest BCUT2D eigenvalue weighted by atomic mass is 16.7. The van der Waals surface area contributed by atoms with Crippen molar-refractivity contribution >= 4 is 0 Å². The second-order valence-corrected chi connectivity index (χ2v) is 7.11. The van der Waals surface area contributed by atoms with E-state index in [0.29, 0.717) is 0 Å². The predicted molar refractivity (Wildman–Crippen MR) is 76.8 cm³/mol. The summed E-state index contributed by atoms with van der Waals surface area (Å²) in [6.45, 7) is 11.8. The van der Waals surface area contributed by atoms with Gasteiger partial charge in [-0.15, -0.1) is 0 Å². The van der Waals surface area contributed by atoms with Gasteiger partial charge in [-0.3, -0.25) is 4.84 Å². The van der Waals surface area contributed by atoms with Crippen LogP contribution in [0.5, 0.6) is 0 Å². The van der Waals surface area contributed by atoms with E-state index >= 15 is 0 Å². The van der Waals surface area contributed by atoms with Crippen LogP contribution in [-0.4, -0.2) is 59.5 Å². The van der Waals surface area contributed by atoms with Crippen molar-refractivity contribution in [1.82, 2.24) is 9.96 Å². The van der Waals surface area contributed by atoms with E-state index in [0.717, 1.165) is 44.9 Å². The van der Waals surface area contributed by atoms with Gasteiger partial charge in [-0.25, -0.2) is 0 Å². The average Bonchev–Trinajstić information content (AvgIpc) is 2.33. The van der Waals surface area contributed by atoms with Gasteiger partial charge in [-0.05, 0) is 52.4 Å². The van der Waals surface area contributed by atoms with Crippen LogP contribution in [0.2, 0.25) is 0 Å². The summed E-state index contributed by atoms with van der Waals surface area (Å²) in [6.07, 6.45) is 4.31. The van der Waals surface area contributed by atoms with Crippen LogP contribution in [0.1, 0.15) is 46.5 Å². The van der Waals surface area contributed by atoms with Crippen molar-refractivity contribution in [3.8, 4) is 0 Å². The molecule has 1 N–H and O–H groups in total. The van der Waals surface area contributed by atoms with E-state index in [4.69, 9.17) is 4.84 Å². The monoisotopic (exact) mass is 270 g/mol. The first-order chi connectivity index (χ1) is 8.92. The molecule has 19 heavy (non-hydrogen) atoms. The summed E-state index contributed by atoms with van der Waals surface area (Å²) in [4.78, 5) is 8.44. The zero-order chi connectivity index (χ0) is 13.9. The Balaban J connectivity index is 1.66. The summed E-state index contributed by atoms with van der Waals surface area (Å²) >= 11 is 0. The lowest BCUT2D eigenvalue weighted by Crippen LogP contribution is -2.44. The molecule has 2 rings (SSSR count). The van der Waals surface area contributed by atoms with E-state index in [-0.39, 0.29) is 11.7 Å². The molecule has 2 aliphatic heterocycles. The van der Waals surface area contributed by atoms with Crippen LogP contribution in [0, 0.1) is 5.92 Å². The third-order valence-electron chi connectivity index (χ3n) is 4.05. The Kier molecular flexibility index (Phi) is 5.23. The number of aliphatic hydroxyl groups is 1. The maximum atomic E-state index is 9.53. The Morgan fingerprint density at radius 3 is 2.11 bits per heavy atom. The molecule has 0 amide bonds. The zero-order valence-electron chi connectivity index (χ0n) is 12.8. The highest BCUT2D eigenvalue weighted by molar-refractivity contribution is 4.77. The minimum absolute atomic E-state index is 0.0571. The second kappa shape index (κ2) is 6.53. The van der Waals surface area contributed by atoms with Crippen LogP contribution in [0.25, 0.3) is 0 Å². The first kappa shape index (κ1) is 15.2. The van der Waals surface area contributed by atoms with Crippen LogP contribution in [-0.2, 0) is 4.84 Å². The molecule has 0 aromatic rings. The fourth-order valence-electron chi connectivity index (χ4n) is 3.04. The van der Waals surface area contributed by atoms with Gasteiger partial charge in [0.2, 0.25) is 0 Å². The summed E-state index contributed by atoms with van der Waals surface area (Å²) in [5.41, 5.74) is -0.0736. The number of aliphatic hydroxyl groups excluding tert-OH is 1. The summed E-state index contributed by atoms with van der Waals surface area (Å²) in [7, 11) is 0. The van der Waals surface area contributed by atoms with E-state index < -0.39 is 0 Å². The number of nitrogens with zero attached hydrogens (tertiary/aromatic N) is 2. The van der Waals surface area contributed by atoms with Crippen LogP contribution in [0.3, 0.4) is 0 Å². The van der Waals surface area contributed by atoms with Crippen molar-refractivity contribution in [1.29, 1.82) is 0 Å². The number of likely N-dealkylation sites (tertiary alicyclic amines) is 1. The third kappa shape index (κ3) is 5.38. The molecule has 0 saturated carbocycles. The number of piperidine rings is 2. The Labute approximate surface area is 117 Å². The zero-order valence-corrected chi connectivity index (χ0v) is 12.8. The quantitative estimate of drug-likeness (QED) is 0.849. The van der Waals surface area contributed by atoms with E-state index in [2.05, 4.69) is 30.7 Å². The van der Waals surface area contributed by atoms with E-state index in [9.17, 15) is 5.11 Å². The van der Waals surface area contributed by atoms with E-state index in [1.54, 1.807) is 0 Å². The Bertz CT molecular complexity index is 262. The fraction of sp³-hybridized carbons (Fsp3) is 1.00. The molecule has 2 saturated heterocycles. The van der Waals surface area contributed by atoms with Crippen LogP contribution < -0.4 is 0 Å². The maximum Gasteiger partial charge on any atom is 0.0815 e. The van der Waals surface area contributed by atoms with Crippen LogP contribution >= 0.6 is 0 Å². The van der Waals surface area contributed by atoms with Crippen LogP contribution in [0.4, 0.5) is 0 Å². The fourth-order valence-corrected chi connectivity index (χ4v) is 3.04. The predicted octanol–water partition coefficient (Wildman–Crippen LogP) is 1.89. The van der Waals surface area contributed by atoms with Gasteiger partial charge in [-0.1, -0.05) is 0 Å². The van der Waals surface area contributed by atoms with Crippen molar-refractivity contribution < 1.29 is 9.94 Å². The molecule has 4 nitrogen and oxygen atoms in total. The van der Waals surface area contributed by atoms with Gasteiger partial charge in [0.15, 0.2) is 0 Å². The summed E-state index contributed by atoms with van der Waals surface area (Å²) in [6, 6.07) is 0. The Morgan fingerprint density at radius 1 is 1.00 bits per heavy atom. The molecule has 0 bridgehead atoms. The lowest BCUT2D eigenvalue weighted by Gasteiger charge is -2.38. The molecule has 0 aromatic heterocycles. The number of hydrogen-bond acceptors (Lipinski definition) is 4. The van der Waals surface area contributed by atoms with Gasteiger partial charge in [0.05, 0.1) is 11.7 Å². The number of hydroxylamine groups is 2. The van der Waals surface area contributed by atoms with E-state index in [1.165, 1.54) is 19.4 Å². The minimum atomic E-state index is -0.0736. The molecule has 0 radical (unpaired) electrons. The molecular formula is C15H30N2O2. The van der Waals surface area contributed by atoms with Crippen molar-refractivity contribution in [3.63, 3.8) is 0 Å². The normalized spacial score (nSPS) is 25.9. The van der Waals surface area contributed by atoms with E-state index in [1.807, 2.05) is 0 Å². The van der Waals surface area contributed by atoms with Gasteiger partial charge in [0, 0.05) is 32.7 Å². The molecule has 4 heteroatoms.